The average Bonchev–Trinajstić information content (AvgIpc) is 3.12. The zero-order valence-electron chi connectivity index (χ0n) is 17.2. The van der Waals surface area contributed by atoms with Crippen molar-refractivity contribution in [2.75, 3.05) is 33.1 Å². The predicted octanol–water partition coefficient (Wildman–Crippen LogP) is 3.58. The van der Waals surface area contributed by atoms with Crippen LogP contribution in [0.1, 0.15) is 44.8 Å². The monoisotopic (exact) mass is 523 g/mol. The van der Waals surface area contributed by atoms with Gasteiger partial charge in [0.2, 0.25) is 0 Å². The van der Waals surface area contributed by atoms with Gasteiger partial charge in [0.05, 0.1) is 20.8 Å². The molecule has 28 heavy (non-hydrogen) atoms. The number of ether oxygens (including phenoxy) is 2. The third-order valence-electron chi connectivity index (χ3n) is 4.69. The Morgan fingerprint density at radius 3 is 2.71 bits per heavy atom. The van der Waals surface area contributed by atoms with Crippen LogP contribution in [0.2, 0.25) is 0 Å². The van der Waals surface area contributed by atoms with Gasteiger partial charge in [-0.3, -0.25) is 4.99 Å². The van der Waals surface area contributed by atoms with Crippen LogP contribution in [0.25, 0.3) is 0 Å². The van der Waals surface area contributed by atoms with Gasteiger partial charge in [-0.05, 0) is 50.1 Å². The van der Waals surface area contributed by atoms with Gasteiger partial charge in [0.25, 0.3) is 0 Å². The second kappa shape index (κ2) is 13.4. The molecule has 0 aliphatic heterocycles. The lowest BCUT2D eigenvalue weighted by atomic mass is 10.1. The molecule has 8 heteroatoms. The Morgan fingerprint density at radius 2 is 2.07 bits per heavy atom. The Balaban J connectivity index is 0.00000392. The number of benzene rings is 1. The molecule has 6 nitrogen and oxygen atoms in total. The maximum atomic E-state index is 10.6. The molecule has 1 fully saturated rings. The van der Waals surface area contributed by atoms with E-state index in [0.717, 1.165) is 30.6 Å². The van der Waals surface area contributed by atoms with E-state index in [1.165, 1.54) is 12.2 Å². The van der Waals surface area contributed by atoms with E-state index in [4.69, 9.17) is 9.47 Å². The summed E-state index contributed by atoms with van der Waals surface area (Å²) in [6.45, 7) is 5.29. The molecule has 160 valence electrons. The predicted molar refractivity (Wildman–Crippen MR) is 129 cm³/mol. The number of nitrogens with one attached hydrogen (secondary N) is 2. The first kappa shape index (κ1) is 25.2. The summed E-state index contributed by atoms with van der Waals surface area (Å²) in [5.74, 6) is 3.24. The second-order valence-corrected chi connectivity index (χ2v) is 8.15. The summed E-state index contributed by atoms with van der Waals surface area (Å²) in [6.07, 6.45) is 2.81. The van der Waals surface area contributed by atoms with E-state index in [-0.39, 0.29) is 30.5 Å². The second-order valence-electron chi connectivity index (χ2n) is 6.57. The number of methoxy groups -OCH3 is 2. The Hall–Kier alpha value is -0.870. The standard InChI is InChI=1S/C20H33N3O3S.HI/c1-5-21-20(23-14-7-9-16(11-14)27-6-2)22-13-18(24)17-12-15(25-3)8-10-19(17)26-4;/h8,10,12,14,16,18,24H,5-7,9,11,13H2,1-4H3,(H2,21,22,23);1H. The van der Waals surface area contributed by atoms with Gasteiger partial charge < -0.3 is 25.2 Å². The molecule has 0 amide bonds. The van der Waals surface area contributed by atoms with Crippen molar-refractivity contribution < 1.29 is 14.6 Å². The van der Waals surface area contributed by atoms with Crippen molar-refractivity contribution in [3.05, 3.63) is 23.8 Å². The van der Waals surface area contributed by atoms with E-state index in [0.29, 0.717) is 23.1 Å². The summed E-state index contributed by atoms with van der Waals surface area (Å²) in [5, 5.41) is 18.2. The normalized spacial score (nSPS) is 20.2. The molecule has 3 unspecified atom stereocenters. The molecule has 1 aromatic carbocycles. The zero-order chi connectivity index (χ0) is 19.6. The molecule has 0 aromatic heterocycles. The summed E-state index contributed by atoms with van der Waals surface area (Å²) in [7, 11) is 3.20. The topological polar surface area (TPSA) is 75.1 Å². The lowest BCUT2D eigenvalue weighted by Crippen LogP contribution is -2.42. The highest BCUT2D eigenvalue weighted by atomic mass is 127. The number of nitrogens with zero attached hydrogens (tertiary/aromatic N) is 1. The van der Waals surface area contributed by atoms with Crippen molar-refractivity contribution in [3.63, 3.8) is 0 Å². The summed E-state index contributed by atoms with van der Waals surface area (Å²) < 4.78 is 10.6. The molecule has 1 aromatic rings. The van der Waals surface area contributed by atoms with Crippen LogP contribution >= 0.6 is 35.7 Å². The van der Waals surface area contributed by atoms with Crippen LogP contribution in [0.15, 0.2) is 23.2 Å². The van der Waals surface area contributed by atoms with E-state index in [1.54, 1.807) is 26.4 Å². The van der Waals surface area contributed by atoms with E-state index in [1.807, 2.05) is 24.8 Å². The maximum absolute atomic E-state index is 10.6. The van der Waals surface area contributed by atoms with Gasteiger partial charge in [0, 0.05) is 23.4 Å². The third kappa shape index (κ3) is 7.51. The van der Waals surface area contributed by atoms with Crippen molar-refractivity contribution in [1.82, 2.24) is 10.6 Å². The van der Waals surface area contributed by atoms with E-state index >= 15 is 0 Å². The van der Waals surface area contributed by atoms with E-state index in [9.17, 15) is 5.11 Å². The van der Waals surface area contributed by atoms with E-state index in [2.05, 4.69) is 22.5 Å². The first-order chi connectivity index (χ1) is 13.1. The van der Waals surface area contributed by atoms with Crippen LogP contribution in [0.4, 0.5) is 0 Å². The van der Waals surface area contributed by atoms with Gasteiger partial charge >= 0.3 is 0 Å². The number of guanidine groups is 1. The zero-order valence-corrected chi connectivity index (χ0v) is 20.4. The summed E-state index contributed by atoms with van der Waals surface area (Å²) in [4.78, 5) is 4.60. The minimum Gasteiger partial charge on any atom is -0.497 e. The Labute approximate surface area is 190 Å². The molecule has 3 N–H and O–H groups in total. The Bertz CT molecular complexity index is 618. The highest BCUT2D eigenvalue weighted by Crippen LogP contribution is 2.30. The molecule has 0 saturated heterocycles. The van der Waals surface area contributed by atoms with Gasteiger partial charge in [-0.15, -0.1) is 24.0 Å². The minimum absolute atomic E-state index is 0. The fourth-order valence-corrected chi connectivity index (χ4v) is 4.49. The Morgan fingerprint density at radius 1 is 1.29 bits per heavy atom. The smallest absolute Gasteiger partial charge is 0.191 e. The van der Waals surface area contributed by atoms with Crippen LogP contribution in [0.3, 0.4) is 0 Å². The van der Waals surface area contributed by atoms with Crippen molar-refractivity contribution in [2.45, 2.75) is 50.5 Å². The highest BCUT2D eigenvalue weighted by Gasteiger charge is 2.25. The molecule has 0 heterocycles. The van der Waals surface area contributed by atoms with Crippen molar-refractivity contribution >= 4 is 41.7 Å². The summed E-state index contributed by atoms with van der Waals surface area (Å²) >= 11 is 2.04. The lowest BCUT2D eigenvalue weighted by Gasteiger charge is -2.19. The molecular weight excluding hydrogens is 489 g/mol. The average molecular weight is 523 g/mol. The number of hydrogen-bond donors (Lipinski definition) is 3. The molecule has 2 rings (SSSR count). The first-order valence-corrected chi connectivity index (χ1v) is 10.7. The maximum Gasteiger partial charge on any atom is 0.191 e. The number of hydrogen-bond acceptors (Lipinski definition) is 5. The van der Waals surface area contributed by atoms with Gasteiger partial charge in [0.15, 0.2) is 5.96 Å². The van der Waals surface area contributed by atoms with E-state index < -0.39 is 6.10 Å². The van der Waals surface area contributed by atoms with Crippen molar-refractivity contribution in [3.8, 4) is 11.5 Å². The number of thioether (sulfide) groups is 1. The third-order valence-corrected chi connectivity index (χ3v) is 5.92. The quantitative estimate of drug-likeness (QED) is 0.261. The van der Waals surface area contributed by atoms with Gasteiger partial charge in [-0.2, -0.15) is 11.8 Å². The lowest BCUT2D eigenvalue weighted by molar-refractivity contribution is 0.182. The molecule has 0 bridgehead atoms. The Kier molecular flexibility index (Phi) is 12.0. The SMILES string of the molecule is CCNC(=NCC(O)c1cc(OC)ccc1OC)NC1CCC(SCC)C1.I. The van der Waals surface area contributed by atoms with Crippen LogP contribution in [-0.4, -0.2) is 55.4 Å². The highest BCUT2D eigenvalue weighted by molar-refractivity contribution is 14.0. The molecule has 1 aliphatic rings. The summed E-state index contributed by atoms with van der Waals surface area (Å²) in [5.41, 5.74) is 0.678. The van der Waals surface area contributed by atoms with Crippen LogP contribution in [-0.2, 0) is 0 Å². The molecule has 1 aliphatic carbocycles. The fraction of sp³-hybridized carbons (Fsp3) is 0.650. The number of aliphatic imine (C=N–C) groups is 1. The molecular formula is C20H34IN3O3S. The molecule has 1 saturated carbocycles. The largest absolute Gasteiger partial charge is 0.497 e. The van der Waals surface area contributed by atoms with Crippen molar-refractivity contribution in [1.29, 1.82) is 0 Å². The first-order valence-electron chi connectivity index (χ1n) is 9.67. The van der Waals surface area contributed by atoms with Crippen molar-refractivity contribution in [2.24, 2.45) is 4.99 Å². The fourth-order valence-electron chi connectivity index (χ4n) is 3.35. The number of aliphatic hydroxyl groups excluding tert-OH is 1. The van der Waals surface area contributed by atoms with Crippen LogP contribution in [0.5, 0.6) is 11.5 Å². The molecule has 3 atom stereocenters. The minimum atomic E-state index is -0.766. The van der Waals surface area contributed by atoms with Gasteiger partial charge in [-0.1, -0.05) is 6.92 Å². The number of rotatable bonds is 9. The van der Waals surface area contributed by atoms with Crippen LogP contribution in [0, 0.1) is 0 Å². The van der Waals surface area contributed by atoms with Crippen LogP contribution < -0.4 is 20.1 Å². The van der Waals surface area contributed by atoms with Gasteiger partial charge in [-0.25, -0.2) is 0 Å². The molecule has 0 radical (unpaired) electrons. The summed E-state index contributed by atoms with van der Waals surface area (Å²) in [6, 6.07) is 5.85. The molecule has 0 spiro atoms. The van der Waals surface area contributed by atoms with Gasteiger partial charge in [0.1, 0.15) is 17.6 Å². The number of halogens is 1. The number of aliphatic hydroxyl groups is 1.